The highest BCUT2D eigenvalue weighted by atomic mass is 35.5. The van der Waals surface area contributed by atoms with E-state index in [2.05, 4.69) is 0 Å². The van der Waals surface area contributed by atoms with Crippen molar-refractivity contribution in [2.24, 2.45) is 0 Å². The van der Waals surface area contributed by atoms with Crippen LogP contribution in [0.5, 0.6) is 0 Å². The van der Waals surface area contributed by atoms with Crippen LogP contribution < -0.4 is 0 Å². The first kappa shape index (κ1) is 18.5. The van der Waals surface area contributed by atoms with Crippen LogP contribution >= 0.6 is 22.9 Å². The van der Waals surface area contributed by atoms with E-state index in [1.807, 2.05) is 24.0 Å². The van der Waals surface area contributed by atoms with Crippen molar-refractivity contribution in [3.63, 3.8) is 0 Å². The van der Waals surface area contributed by atoms with Crippen LogP contribution in [0, 0.1) is 6.92 Å². The molecule has 0 bridgehead atoms. The topological polar surface area (TPSA) is 66.8 Å². The largest absolute Gasteiger partial charge is 0.477 e. The second-order valence-corrected chi connectivity index (χ2v) is 8.55. The van der Waals surface area contributed by atoms with Gasteiger partial charge in [0.15, 0.2) is 0 Å². The summed E-state index contributed by atoms with van der Waals surface area (Å²) < 4.78 is 6.16. The van der Waals surface area contributed by atoms with E-state index in [-0.39, 0.29) is 5.91 Å². The van der Waals surface area contributed by atoms with Crippen LogP contribution in [0.4, 0.5) is 0 Å². The number of fused-ring (bicyclic) bond motifs is 2. The molecule has 2 aromatic rings. The van der Waals surface area contributed by atoms with Crippen molar-refractivity contribution in [3.05, 3.63) is 55.7 Å². The van der Waals surface area contributed by atoms with Gasteiger partial charge in [0, 0.05) is 18.0 Å². The van der Waals surface area contributed by atoms with Crippen LogP contribution in [0.25, 0.3) is 0 Å². The minimum atomic E-state index is -0.897. The van der Waals surface area contributed by atoms with Gasteiger partial charge in [0.25, 0.3) is 5.91 Å². The van der Waals surface area contributed by atoms with Crippen molar-refractivity contribution < 1.29 is 19.4 Å². The lowest BCUT2D eigenvalue weighted by atomic mass is 9.85. The summed E-state index contributed by atoms with van der Waals surface area (Å²) in [6.07, 6.45) is 2.06. The summed E-state index contributed by atoms with van der Waals surface area (Å²) in [5, 5.41) is 9.79. The number of piperidine rings is 1. The standard InChI is InChI=1S/C20H20ClNO4S/c1-12-3-2-4-14(21)16(12)18(23)22-8-6-20(7-9-22)17-13(5-10-26-20)11-15(27-17)19(24)25/h2-4,11H,5-10H2,1H3,(H,24,25). The molecule has 1 aromatic carbocycles. The molecule has 0 aliphatic carbocycles. The van der Waals surface area contributed by atoms with E-state index in [0.717, 1.165) is 22.4 Å². The predicted octanol–water partition coefficient (Wildman–Crippen LogP) is 4.11. The van der Waals surface area contributed by atoms with Gasteiger partial charge in [0.05, 0.1) is 17.2 Å². The average Bonchev–Trinajstić information content (AvgIpc) is 3.08. The average molecular weight is 406 g/mol. The molecular weight excluding hydrogens is 386 g/mol. The molecule has 1 amide bonds. The Morgan fingerprint density at radius 3 is 2.70 bits per heavy atom. The number of ether oxygens (including phenoxy) is 1. The number of carboxylic acid groups (broad SMARTS) is 1. The first-order chi connectivity index (χ1) is 12.9. The third-order valence-corrected chi connectivity index (χ3v) is 7.14. The highest BCUT2D eigenvalue weighted by Gasteiger charge is 2.43. The van der Waals surface area contributed by atoms with E-state index in [1.165, 1.54) is 11.3 Å². The summed E-state index contributed by atoms with van der Waals surface area (Å²) in [7, 11) is 0. The lowest BCUT2D eigenvalue weighted by Crippen LogP contribution is -2.48. The number of halogens is 1. The summed E-state index contributed by atoms with van der Waals surface area (Å²) in [4.78, 5) is 27.5. The Kier molecular flexibility index (Phi) is 4.74. The second-order valence-electron chi connectivity index (χ2n) is 7.09. The highest BCUT2D eigenvalue weighted by Crippen LogP contribution is 2.45. The number of carbonyl (C=O) groups excluding carboxylic acids is 1. The Morgan fingerprint density at radius 2 is 2.04 bits per heavy atom. The molecule has 1 saturated heterocycles. The third-order valence-electron chi connectivity index (χ3n) is 5.48. The van der Waals surface area contributed by atoms with Crippen LogP contribution in [0.1, 0.15) is 48.9 Å². The lowest BCUT2D eigenvalue weighted by molar-refractivity contribution is -0.0906. The monoisotopic (exact) mass is 405 g/mol. The third kappa shape index (κ3) is 3.16. The van der Waals surface area contributed by atoms with Gasteiger partial charge in [-0.3, -0.25) is 4.79 Å². The molecular formula is C20H20ClNO4S. The van der Waals surface area contributed by atoms with E-state index in [9.17, 15) is 14.7 Å². The van der Waals surface area contributed by atoms with Crippen molar-refractivity contribution in [2.45, 2.75) is 31.8 Å². The molecule has 4 rings (SSSR count). The van der Waals surface area contributed by atoms with E-state index in [0.29, 0.717) is 48.0 Å². The smallest absolute Gasteiger partial charge is 0.345 e. The SMILES string of the molecule is Cc1cccc(Cl)c1C(=O)N1CCC2(CC1)OCCc1cc(C(=O)O)sc12. The first-order valence-electron chi connectivity index (χ1n) is 8.96. The molecule has 5 nitrogen and oxygen atoms in total. The van der Waals surface area contributed by atoms with Gasteiger partial charge in [-0.2, -0.15) is 0 Å². The number of amides is 1. The molecule has 3 heterocycles. The zero-order chi connectivity index (χ0) is 19.2. The van der Waals surface area contributed by atoms with Crippen molar-refractivity contribution in [3.8, 4) is 0 Å². The number of aromatic carboxylic acids is 1. The number of aryl methyl sites for hydroxylation is 1. The second kappa shape index (κ2) is 6.93. The fourth-order valence-electron chi connectivity index (χ4n) is 4.03. The minimum absolute atomic E-state index is 0.0543. The molecule has 0 saturated carbocycles. The number of nitrogens with zero attached hydrogens (tertiary/aromatic N) is 1. The van der Waals surface area contributed by atoms with Crippen molar-refractivity contribution >= 4 is 34.8 Å². The number of carbonyl (C=O) groups is 2. The summed E-state index contributed by atoms with van der Waals surface area (Å²) >= 11 is 7.57. The van der Waals surface area contributed by atoms with Gasteiger partial charge in [-0.05, 0) is 49.4 Å². The number of hydrogen-bond acceptors (Lipinski definition) is 4. The molecule has 1 fully saturated rings. The van der Waals surface area contributed by atoms with Gasteiger partial charge in [-0.1, -0.05) is 23.7 Å². The van der Waals surface area contributed by atoms with Crippen LogP contribution in [0.2, 0.25) is 5.02 Å². The maximum atomic E-state index is 13.0. The first-order valence-corrected chi connectivity index (χ1v) is 10.2. The predicted molar refractivity (Wildman–Crippen MR) is 104 cm³/mol. The Bertz CT molecular complexity index is 894. The molecule has 1 spiro atoms. The van der Waals surface area contributed by atoms with Gasteiger partial charge in [-0.25, -0.2) is 4.79 Å². The Hall–Kier alpha value is -1.89. The van der Waals surface area contributed by atoms with Gasteiger partial charge in [0.1, 0.15) is 10.5 Å². The van der Waals surface area contributed by atoms with Crippen LogP contribution in [-0.4, -0.2) is 41.6 Å². The molecule has 2 aliphatic rings. The van der Waals surface area contributed by atoms with Gasteiger partial charge < -0.3 is 14.7 Å². The number of thiophene rings is 1. The summed E-state index contributed by atoms with van der Waals surface area (Å²) in [5.41, 5.74) is 2.03. The van der Waals surface area contributed by atoms with Crippen LogP contribution in [0.3, 0.4) is 0 Å². The fraction of sp³-hybridized carbons (Fsp3) is 0.400. The number of carboxylic acids is 1. The molecule has 1 N–H and O–H groups in total. The fourth-order valence-corrected chi connectivity index (χ4v) is 5.58. The van der Waals surface area contributed by atoms with Crippen molar-refractivity contribution in [1.82, 2.24) is 4.90 Å². The van der Waals surface area contributed by atoms with E-state index >= 15 is 0 Å². The van der Waals surface area contributed by atoms with Crippen LogP contribution in [-0.2, 0) is 16.8 Å². The molecule has 1 aromatic heterocycles. The molecule has 2 aliphatic heterocycles. The summed E-state index contributed by atoms with van der Waals surface area (Å²) in [6.45, 7) is 3.59. The maximum Gasteiger partial charge on any atom is 0.345 e. The number of rotatable bonds is 2. The van der Waals surface area contributed by atoms with E-state index in [1.54, 1.807) is 12.1 Å². The van der Waals surface area contributed by atoms with Crippen LogP contribution in [0.15, 0.2) is 24.3 Å². The zero-order valence-electron chi connectivity index (χ0n) is 15.0. The summed E-state index contributed by atoms with van der Waals surface area (Å²) in [6, 6.07) is 7.24. The van der Waals surface area contributed by atoms with Gasteiger partial charge in [0.2, 0.25) is 0 Å². The highest BCUT2D eigenvalue weighted by molar-refractivity contribution is 7.14. The lowest BCUT2D eigenvalue weighted by Gasteiger charge is -2.43. The quantitative estimate of drug-likeness (QED) is 0.816. The molecule has 27 heavy (non-hydrogen) atoms. The van der Waals surface area contributed by atoms with Crippen molar-refractivity contribution in [1.29, 1.82) is 0 Å². The van der Waals surface area contributed by atoms with Gasteiger partial charge >= 0.3 is 5.97 Å². The Morgan fingerprint density at radius 1 is 1.30 bits per heavy atom. The molecule has 0 unspecified atom stereocenters. The van der Waals surface area contributed by atoms with E-state index in [4.69, 9.17) is 16.3 Å². The summed E-state index contributed by atoms with van der Waals surface area (Å²) in [5.74, 6) is -0.951. The number of benzene rings is 1. The molecule has 0 radical (unpaired) electrons. The normalized spacial score (nSPS) is 18.4. The molecule has 142 valence electrons. The Labute approximate surface area is 166 Å². The number of likely N-dealkylation sites (tertiary alicyclic amines) is 1. The van der Waals surface area contributed by atoms with Crippen molar-refractivity contribution in [2.75, 3.05) is 19.7 Å². The maximum absolute atomic E-state index is 13.0. The number of hydrogen-bond donors (Lipinski definition) is 1. The van der Waals surface area contributed by atoms with E-state index < -0.39 is 11.6 Å². The zero-order valence-corrected chi connectivity index (χ0v) is 16.5. The Balaban J connectivity index is 1.56. The van der Waals surface area contributed by atoms with Gasteiger partial charge in [-0.15, -0.1) is 11.3 Å². The minimum Gasteiger partial charge on any atom is -0.477 e. The molecule has 7 heteroatoms. The molecule has 0 atom stereocenters.